The summed E-state index contributed by atoms with van der Waals surface area (Å²) >= 11 is 0. The summed E-state index contributed by atoms with van der Waals surface area (Å²) < 4.78 is 0. The first-order valence-corrected chi connectivity index (χ1v) is 4.02. The molecule has 5 nitrogen and oxygen atoms in total. The molecule has 0 fully saturated rings. The summed E-state index contributed by atoms with van der Waals surface area (Å²) in [4.78, 5) is 26.1. The number of benzene rings is 1. The molecular weight excluding hydrogens is 184 g/mol. The van der Waals surface area contributed by atoms with E-state index in [0.717, 1.165) is 0 Å². The smallest absolute Gasteiger partial charge is 0.341 e. The van der Waals surface area contributed by atoms with Gasteiger partial charge in [0, 0.05) is 5.56 Å². The third-order valence-electron chi connectivity index (χ3n) is 1.59. The predicted octanol–water partition coefficient (Wildman–Crippen LogP) is -0.883. The number of carbonyl (C=O) groups is 2. The second kappa shape index (κ2) is 4.98. The van der Waals surface area contributed by atoms with E-state index in [-0.39, 0.29) is 12.5 Å². The number of amides is 1. The van der Waals surface area contributed by atoms with E-state index in [4.69, 9.17) is 0 Å². The van der Waals surface area contributed by atoms with E-state index in [2.05, 4.69) is 16.1 Å². The highest BCUT2D eigenvalue weighted by atomic mass is 16.7. The molecule has 0 saturated carbocycles. The van der Waals surface area contributed by atoms with Crippen LogP contribution in [0.25, 0.3) is 0 Å². The summed E-state index contributed by atoms with van der Waals surface area (Å²) in [5, 5.41) is 2.40. The van der Waals surface area contributed by atoms with Gasteiger partial charge in [-0.05, 0) is 12.1 Å². The largest absolute Gasteiger partial charge is 0.385 e. The number of carbonyl (C=O) groups excluding carboxylic acids is 2. The van der Waals surface area contributed by atoms with Crippen LogP contribution in [0, 0.1) is 0 Å². The Hall–Kier alpha value is -1.88. The number of quaternary nitrogens is 1. The van der Waals surface area contributed by atoms with E-state index in [0.29, 0.717) is 5.56 Å². The van der Waals surface area contributed by atoms with Crippen LogP contribution in [0.1, 0.15) is 10.4 Å². The lowest BCUT2D eigenvalue weighted by Gasteiger charge is -2.01. The second-order valence-corrected chi connectivity index (χ2v) is 2.57. The monoisotopic (exact) mass is 195 g/mol. The van der Waals surface area contributed by atoms with Crippen LogP contribution in [0.5, 0.6) is 0 Å². The van der Waals surface area contributed by atoms with Crippen LogP contribution >= 0.6 is 0 Å². The van der Waals surface area contributed by atoms with Crippen molar-refractivity contribution < 1.29 is 20.3 Å². The van der Waals surface area contributed by atoms with Gasteiger partial charge in [-0.3, -0.25) is 9.63 Å². The summed E-state index contributed by atoms with van der Waals surface area (Å²) in [6.07, 6.45) is 0. The molecule has 1 amide bonds. The van der Waals surface area contributed by atoms with Gasteiger partial charge in [0.25, 0.3) is 5.91 Å². The number of nitrogens with one attached hydrogen (secondary N) is 1. The average molecular weight is 195 g/mol. The van der Waals surface area contributed by atoms with Crippen molar-refractivity contribution in [3.8, 4) is 0 Å². The molecule has 0 spiro atoms. The summed E-state index contributed by atoms with van der Waals surface area (Å²) in [5.41, 5.74) is 0.504. The molecule has 0 radical (unpaired) electrons. The number of rotatable bonds is 3. The predicted molar refractivity (Wildman–Crippen MR) is 47.8 cm³/mol. The Morgan fingerprint density at radius 2 is 1.93 bits per heavy atom. The maximum atomic E-state index is 11.3. The standard InChI is InChI=1S/C9H10N2O3/c10-14-8(12)6-11-9(13)7-4-2-1-3-5-7/h1-5H,6H2,10H3/p+1. The van der Waals surface area contributed by atoms with Crippen molar-refractivity contribution in [3.63, 3.8) is 0 Å². The van der Waals surface area contributed by atoms with Crippen LogP contribution in [0.2, 0.25) is 0 Å². The first-order valence-electron chi connectivity index (χ1n) is 4.02. The zero-order valence-electron chi connectivity index (χ0n) is 7.53. The minimum atomic E-state index is -0.575. The van der Waals surface area contributed by atoms with Gasteiger partial charge in [0.2, 0.25) is 0 Å². The van der Waals surface area contributed by atoms with Gasteiger partial charge in [-0.2, -0.15) is 5.90 Å². The normalized spacial score (nSPS) is 9.21. The first kappa shape index (κ1) is 10.2. The molecule has 1 aromatic rings. The van der Waals surface area contributed by atoms with Gasteiger partial charge >= 0.3 is 5.97 Å². The fourth-order valence-corrected chi connectivity index (χ4v) is 0.895. The van der Waals surface area contributed by atoms with Crippen LogP contribution in [-0.2, 0) is 9.63 Å². The highest BCUT2D eigenvalue weighted by Gasteiger charge is 2.07. The second-order valence-electron chi connectivity index (χ2n) is 2.57. The Morgan fingerprint density at radius 3 is 2.50 bits per heavy atom. The molecule has 0 heterocycles. The van der Waals surface area contributed by atoms with Crippen molar-refractivity contribution in [2.45, 2.75) is 0 Å². The molecule has 0 aliphatic carbocycles. The summed E-state index contributed by atoms with van der Waals surface area (Å²) in [6, 6.07) is 8.61. The van der Waals surface area contributed by atoms with Crippen molar-refractivity contribution >= 4 is 11.9 Å². The lowest BCUT2D eigenvalue weighted by Crippen LogP contribution is -2.53. The van der Waals surface area contributed by atoms with E-state index in [9.17, 15) is 9.59 Å². The average Bonchev–Trinajstić information content (AvgIpc) is 2.26. The van der Waals surface area contributed by atoms with Crippen LogP contribution in [-0.4, -0.2) is 18.4 Å². The highest BCUT2D eigenvalue weighted by Crippen LogP contribution is 1.96. The van der Waals surface area contributed by atoms with E-state index in [1.54, 1.807) is 30.3 Å². The Bertz CT molecular complexity index is 324. The van der Waals surface area contributed by atoms with Gasteiger partial charge in [-0.1, -0.05) is 18.2 Å². The highest BCUT2D eigenvalue weighted by molar-refractivity contribution is 5.95. The number of hydrogen-bond acceptors (Lipinski definition) is 3. The first-order chi connectivity index (χ1) is 6.74. The van der Waals surface area contributed by atoms with Crippen LogP contribution in [0.15, 0.2) is 30.3 Å². The van der Waals surface area contributed by atoms with Crippen molar-refractivity contribution in [2.75, 3.05) is 6.54 Å². The fraction of sp³-hybridized carbons (Fsp3) is 0.111. The lowest BCUT2D eigenvalue weighted by molar-refractivity contribution is -0.657. The zero-order valence-corrected chi connectivity index (χ0v) is 7.53. The van der Waals surface area contributed by atoms with Gasteiger partial charge in [0.15, 0.2) is 0 Å². The van der Waals surface area contributed by atoms with Crippen molar-refractivity contribution in [1.82, 2.24) is 5.32 Å². The third-order valence-corrected chi connectivity index (χ3v) is 1.59. The van der Waals surface area contributed by atoms with Gasteiger partial charge in [0.1, 0.15) is 6.54 Å². The van der Waals surface area contributed by atoms with E-state index >= 15 is 0 Å². The molecule has 0 aliphatic rings. The summed E-state index contributed by atoms with van der Waals surface area (Å²) in [6.45, 7) is -0.169. The van der Waals surface area contributed by atoms with E-state index in [1.165, 1.54) is 0 Å². The summed E-state index contributed by atoms with van der Waals surface area (Å²) in [5.74, 6) is 2.05. The van der Waals surface area contributed by atoms with Gasteiger partial charge in [-0.15, -0.1) is 0 Å². The molecule has 4 N–H and O–H groups in total. The Kier molecular flexibility index (Phi) is 3.63. The van der Waals surface area contributed by atoms with Gasteiger partial charge in [0.05, 0.1) is 0 Å². The molecular formula is C9H11N2O3+. The van der Waals surface area contributed by atoms with Crippen molar-refractivity contribution in [1.29, 1.82) is 0 Å². The van der Waals surface area contributed by atoms with E-state index in [1.807, 2.05) is 0 Å². The Labute approximate surface area is 80.8 Å². The van der Waals surface area contributed by atoms with Crippen molar-refractivity contribution in [2.24, 2.45) is 0 Å². The van der Waals surface area contributed by atoms with Crippen LogP contribution < -0.4 is 11.2 Å². The Morgan fingerprint density at radius 1 is 1.29 bits per heavy atom. The lowest BCUT2D eigenvalue weighted by atomic mass is 10.2. The van der Waals surface area contributed by atoms with Crippen LogP contribution in [0.3, 0.4) is 0 Å². The minimum absolute atomic E-state index is 0.169. The minimum Gasteiger partial charge on any atom is -0.341 e. The van der Waals surface area contributed by atoms with E-state index < -0.39 is 5.97 Å². The maximum absolute atomic E-state index is 11.3. The molecule has 14 heavy (non-hydrogen) atoms. The van der Waals surface area contributed by atoms with Crippen molar-refractivity contribution in [3.05, 3.63) is 35.9 Å². The molecule has 0 unspecified atom stereocenters. The van der Waals surface area contributed by atoms with Gasteiger partial charge in [-0.25, -0.2) is 4.79 Å². The zero-order chi connectivity index (χ0) is 10.4. The molecule has 0 aliphatic heterocycles. The number of hydrogen-bond donors (Lipinski definition) is 2. The summed E-state index contributed by atoms with van der Waals surface area (Å²) in [7, 11) is 0. The van der Waals surface area contributed by atoms with Crippen LogP contribution in [0.4, 0.5) is 0 Å². The Balaban J connectivity index is 2.48. The molecule has 0 aromatic heterocycles. The quantitative estimate of drug-likeness (QED) is 0.614. The third kappa shape index (κ3) is 2.87. The molecule has 1 aromatic carbocycles. The molecule has 0 saturated heterocycles. The SMILES string of the molecule is [NH3+]OC(=O)CNC(=O)c1ccccc1. The maximum Gasteiger partial charge on any atom is 0.385 e. The molecule has 0 atom stereocenters. The molecule has 0 bridgehead atoms. The fourth-order valence-electron chi connectivity index (χ4n) is 0.895. The molecule has 74 valence electrons. The topological polar surface area (TPSA) is 83.0 Å². The molecule has 5 heteroatoms. The molecule has 1 rings (SSSR count). The van der Waals surface area contributed by atoms with Gasteiger partial charge < -0.3 is 5.32 Å².